The van der Waals surface area contributed by atoms with E-state index in [0.29, 0.717) is 38.5 Å². The predicted molar refractivity (Wildman–Crippen MR) is 102 cm³/mol. The molecule has 0 radical (unpaired) electrons. The van der Waals surface area contributed by atoms with Crippen molar-refractivity contribution >= 4 is 8.80 Å². The summed E-state index contributed by atoms with van der Waals surface area (Å²) in [4.78, 5) is 2.43. The summed E-state index contributed by atoms with van der Waals surface area (Å²) >= 11 is 0. The molecule has 0 rings (SSSR count). The van der Waals surface area contributed by atoms with Gasteiger partial charge in [0.1, 0.15) is 6.23 Å². The maximum atomic E-state index is 6.19. The first-order valence-corrected chi connectivity index (χ1v) is 11.6. The van der Waals surface area contributed by atoms with E-state index in [1.165, 1.54) is 0 Å². The van der Waals surface area contributed by atoms with E-state index in [1.54, 1.807) is 0 Å². The normalized spacial score (nSPS) is 14.1. The van der Waals surface area contributed by atoms with Gasteiger partial charge >= 0.3 is 8.80 Å². The molecular formula is C18H41NO4Si. The average Bonchev–Trinajstić information content (AvgIpc) is 2.50. The highest BCUT2D eigenvalue weighted by molar-refractivity contribution is 6.60. The van der Waals surface area contributed by atoms with Crippen molar-refractivity contribution < 1.29 is 18.0 Å². The molecule has 1 unspecified atom stereocenters. The average molecular weight is 364 g/mol. The molecule has 0 spiro atoms. The van der Waals surface area contributed by atoms with Gasteiger partial charge in [0, 0.05) is 44.6 Å². The molecule has 0 aromatic carbocycles. The highest BCUT2D eigenvalue weighted by Gasteiger charge is 2.39. The Kier molecular flexibility index (Phi) is 13.3. The van der Waals surface area contributed by atoms with Gasteiger partial charge in [0.15, 0.2) is 0 Å². The van der Waals surface area contributed by atoms with Crippen molar-refractivity contribution in [3.63, 3.8) is 0 Å². The fraction of sp³-hybridized carbons (Fsp3) is 1.00. The lowest BCUT2D eigenvalue weighted by Crippen LogP contribution is -2.47. The topological polar surface area (TPSA) is 40.2 Å². The minimum atomic E-state index is -2.54. The van der Waals surface area contributed by atoms with Crippen LogP contribution in [0.3, 0.4) is 0 Å². The van der Waals surface area contributed by atoms with Crippen LogP contribution in [0.1, 0.15) is 68.2 Å². The second kappa shape index (κ2) is 13.3. The fourth-order valence-corrected chi connectivity index (χ4v) is 5.77. The fourth-order valence-electron chi connectivity index (χ4n) is 3.19. The van der Waals surface area contributed by atoms with Crippen molar-refractivity contribution in [2.75, 3.05) is 26.4 Å². The summed E-state index contributed by atoms with van der Waals surface area (Å²) in [5, 5.41) is 0. The van der Waals surface area contributed by atoms with Crippen molar-refractivity contribution in [3.05, 3.63) is 0 Å². The van der Waals surface area contributed by atoms with Crippen molar-refractivity contribution in [1.82, 2.24) is 4.90 Å². The van der Waals surface area contributed by atoms with Gasteiger partial charge in [-0.2, -0.15) is 0 Å². The van der Waals surface area contributed by atoms with Crippen LogP contribution in [0.4, 0.5) is 0 Å². The third-order valence-corrected chi connectivity index (χ3v) is 7.06. The van der Waals surface area contributed by atoms with E-state index in [1.807, 2.05) is 20.8 Å². The maximum absolute atomic E-state index is 6.19. The second-order valence-corrected chi connectivity index (χ2v) is 9.19. The molecule has 0 amide bonds. The molecule has 0 heterocycles. The van der Waals surface area contributed by atoms with Crippen LogP contribution in [0.2, 0.25) is 6.04 Å². The molecule has 0 fully saturated rings. The van der Waals surface area contributed by atoms with E-state index >= 15 is 0 Å². The zero-order valence-electron chi connectivity index (χ0n) is 17.3. The number of rotatable bonds is 15. The van der Waals surface area contributed by atoms with Crippen molar-refractivity contribution in [1.29, 1.82) is 0 Å². The standard InChI is InChI=1S/C18H41NO4Si/c1-9-18(19(16(5)6)17(7)8)20-14-13-15-24(21-10-2,22-11-3)23-12-4/h16-18H,9-15H2,1-8H3. The van der Waals surface area contributed by atoms with Crippen molar-refractivity contribution in [3.8, 4) is 0 Å². The molecule has 0 aromatic heterocycles. The molecule has 0 saturated heterocycles. The van der Waals surface area contributed by atoms with Gasteiger partial charge in [-0.05, 0) is 61.3 Å². The Balaban J connectivity index is 4.58. The lowest BCUT2D eigenvalue weighted by molar-refractivity contribution is -0.0900. The molecule has 0 bridgehead atoms. The van der Waals surface area contributed by atoms with E-state index in [0.717, 1.165) is 18.9 Å². The number of hydrogen-bond acceptors (Lipinski definition) is 5. The minimum Gasteiger partial charge on any atom is -0.374 e. The molecule has 0 aromatic rings. The summed E-state index contributed by atoms with van der Waals surface area (Å²) in [6.07, 6.45) is 2.04. The summed E-state index contributed by atoms with van der Waals surface area (Å²) in [6.45, 7) is 19.6. The first kappa shape index (κ1) is 24.0. The predicted octanol–water partition coefficient (Wildman–Crippen LogP) is 4.30. The molecular weight excluding hydrogens is 322 g/mol. The van der Waals surface area contributed by atoms with Crippen LogP contribution in [0, 0.1) is 0 Å². The summed E-state index contributed by atoms with van der Waals surface area (Å²) in [5.74, 6) is 0. The Morgan fingerprint density at radius 3 is 1.58 bits per heavy atom. The van der Waals surface area contributed by atoms with Crippen LogP contribution in [-0.2, 0) is 18.0 Å². The van der Waals surface area contributed by atoms with E-state index in [9.17, 15) is 0 Å². The van der Waals surface area contributed by atoms with E-state index in [4.69, 9.17) is 18.0 Å². The van der Waals surface area contributed by atoms with E-state index in [-0.39, 0.29) is 6.23 Å². The van der Waals surface area contributed by atoms with Gasteiger partial charge in [-0.1, -0.05) is 6.92 Å². The highest BCUT2D eigenvalue weighted by atomic mass is 28.4. The molecule has 0 aliphatic carbocycles. The zero-order valence-corrected chi connectivity index (χ0v) is 18.3. The largest absolute Gasteiger partial charge is 0.501 e. The van der Waals surface area contributed by atoms with Gasteiger partial charge in [0.25, 0.3) is 0 Å². The van der Waals surface area contributed by atoms with E-state index < -0.39 is 8.80 Å². The maximum Gasteiger partial charge on any atom is 0.501 e. The lowest BCUT2D eigenvalue weighted by Gasteiger charge is -2.37. The van der Waals surface area contributed by atoms with Gasteiger partial charge in [-0.25, -0.2) is 0 Å². The third kappa shape index (κ3) is 8.40. The lowest BCUT2D eigenvalue weighted by atomic mass is 10.2. The SMILES string of the molecule is CCO[Si](CCCOC(CC)N(C(C)C)C(C)C)(OCC)OCC. The zero-order chi connectivity index (χ0) is 18.6. The van der Waals surface area contributed by atoms with Crippen LogP contribution in [-0.4, -0.2) is 58.4 Å². The Labute approximate surface area is 151 Å². The van der Waals surface area contributed by atoms with Crippen LogP contribution in [0.15, 0.2) is 0 Å². The van der Waals surface area contributed by atoms with Crippen molar-refractivity contribution in [2.45, 2.75) is 92.6 Å². The summed E-state index contributed by atoms with van der Waals surface area (Å²) < 4.78 is 23.9. The van der Waals surface area contributed by atoms with Crippen LogP contribution in [0.25, 0.3) is 0 Å². The van der Waals surface area contributed by atoms with Crippen LogP contribution < -0.4 is 0 Å². The highest BCUT2D eigenvalue weighted by Crippen LogP contribution is 2.20. The first-order valence-electron chi connectivity index (χ1n) is 9.68. The molecule has 24 heavy (non-hydrogen) atoms. The summed E-state index contributed by atoms with van der Waals surface area (Å²) in [6, 6.07) is 1.75. The molecule has 1 atom stereocenters. The Bertz CT molecular complexity index is 278. The summed E-state index contributed by atoms with van der Waals surface area (Å²) in [5.41, 5.74) is 0. The first-order chi connectivity index (χ1) is 11.4. The molecule has 146 valence electrons. The number of nitrogens with zero attached hydrogens (tertiary/aromatic N) is 1. The number of hydrogen-bond donors (Lipinski definition) is 0. The Morgan fingerprint density at radius 2 is 1.25 bits per heavy atom. The summed E-state index contributed by atoms with van der Waals surface area (Å²) in [7, 11) is -2.54. The van der Waals surface area contributed by atoms with Gasteiger partial charge in [0.2, 0.25) is 0 Å². The van der Waals surface area contributed by atoms with Gasteiger partial charge in [0.05, 0.1) is 0 Å². The van der Waals surface area contributed by atoms with Crippen LogP contribution >= 0.6 is 0 Å². The molecule has 0 aliphatic heterocycles. The smallest absolute Gasteiger partial charge is 0.374 e. The third-order valence-electron chi connectivity index (χ3n) is 3.90. The minimum absolute atomic E-state index is 0.160. The molecule has 0 aliphatic rings. The second-order valence-electron chi connectivity index (χ2n) is 6.45. The van der Waals surface area contributed by atoms with Crippen molar-refractivity contribution in [2.24, 2.45) is 0 Å². The quantitative estimate of drug-likeness (QED) is 0.246. The molecule has 6 heteroatoms. The van der Waals surface area contributed by atoms with Gasteiger partial charge < -0.3 is 18.0 Å². The van der Waals surface area contributed by atoms with Gasteiger partial charge in [-0.3, -0.25) is 4.90 Å². The Hall–Kier alpha value is 0.0169. The molecule has 0 saturated carbocycles. The Morgan fingerprint density at radius 1 is 0.792 bits per heavy atom. The van der Waals surface area contributed by atoms with E-state index in [2.05, 4.69) is 39.5 Å². The van der Waals surface area contributed by atoms with Gasteiger partial charge in [-0.15, -0.1) is 0 Å². The molecule has 5 nitrogen and oxygen atoms in total. The molecule has 0 N–H and O–H groups in total. The monoisotopic (exact) mass is 363 g/mol. The number of ether oxygens (including phenoxy) is 1. The van der Waals surface area contributed by atoms with Crippen LogP contribution in [0.5, 0.6) is 0 Å².